The lowest BCUT2D eigenvalue weighted by Crippen LogP contribution is -2.18. The first kappa shape index (κ1) is 18.6. The summed E-state index contributed by atoms with van der Waals surface area (Å²) in [6.45, 7) is 2.59. The van der Waals surface area contributed by atoms with Gasteiger partial charge in [0.05, 0.1) is 6.42 Å². The van der Waals surface area contributed by atoms with Crippen LogP contribution in [0.4, 0.5) is 5.95 Å². The molecular formula is C24H22N4O. The first-order valence-corrected chi connectivity index (χ1v) is 9.58. The summed E-state index contributed by atoms with van der Waals surface area (Å²) in [7, 11) is 0. The van der Waals surface area contributed by atoms with Crippen LogP contribution in [0.1, 0.15) is 21.5 Å². The second kappa shape index (κ2) is 8.52. The van der Waals surface area contributed by atoms with E-state index in [0.29, 0.717) is 18.3 Å². The third-order valence-electron chi connectivity index (χ3n) is 4.64. The molecule has 0 saturated heterocycles. The Morgan fingerprint density at radius 3 is 2.14 bits per heavy atom. The lowest BCUT2D eigenvalue weighted by Gasteiger charge is -2.07. The second-order valence-corrected chi connectivity index (χ2v) is 6.93. The van der Waals surface area contributed by atoms with Crippen LogP contribution in [0.25, 0.3) is 11.4 Å². The van der Waals surface area contributed by atoms with E-state index in [1.54, 1.807) is 0 Å². The SMILES string of the molecule is Cc1ccc(-c2nc(NCc3ccccc3)n(C(=O)Cc3ccccc3)n2)cc1. The van der Waals surface area contributed by atoms with Crippen LogP contribution in [0.3, 0.4) is 0 Å². The van der Waals surface area contributed by atoms with Crippen molar-refractivity contribution >= 4 is 11.9 Å². The van der Waals surface area contributed by atoms with Gasteiger partial charge in [0, 0.05) is 12.1 Å². The van der Waals surface area contributed by atoms with E-state index in [2.05, 4.69) is 15.4 Å². The molecule has 0 aliphatic heterocycles. The molecule has 4 aromatic rings. The summed E-state index contributed by atoms with van der Waals surface area (Å²) in [5, 5.41) is 7.78. The predicted octanol–water partition coefficient (Wildman–Crippen LogP) is 4.75. The fraction of sp³-hybridized carbons (Fsp3) is 0.125. The van der Waals surface area contributed by atoms with Crippen LogP contribution in [-0.2, 0) is 13.0 Å². The van der Waals surface area contributed by atoms with E-state index in [-0.39, 0.29) is 12.3 Å². The quantitative estimate of drug-likeness (QED) is 0.523. The molecule has 5 nitrogen and oxygen atoms in total. The molecule has 0 unspecified atom stereocenters. The van der Waals surface area contributed by atoms with Crippen molar-refractivity contribution in [2.75, 3.05) is 5.32 Å². The van der Waals surface area contributed by atoms with E-state index in [9.17, 15) is 4.79 Å². The standard InChI is InChI=1S/C24H22N4O/c1-18-12-14-21(15-13-18)23-26-24(25-17-20-10-6-3-7-11-20)28(27-23)22(29)16-19-8-4-2-5-9-19/h2-15H,16-17H2,1H3,(H,25,26,27). The Bertz CT molecular complexity index is 1090. The van der Waals surface area contributed by atoms with Crippen molar-refractivity contribution < 1.29 is 4.79 Å². The number of rotatable bonds is 6. The third-order valence-corrected chi connectivity index (χ3v) is 4.64. The van der Waals surface area contributed by atoms with Crippen molar-refractivity contribution in [2.24, 2.45) is 0 Å². The Labute approximate surface area is 170 Å². The monoisotopic (exact) mass is 382 g/mol. The van der Waals surface area contributed by atoms with Crippen LogP contribution in [0.5, 0.6) is 0 Å². The summed E-state index contributed by atoms with van der Waals surface area (Å²) in [4.78, 5) is 17.6. The van der Waals surface area contributed by atoms with Crippen molar-refractivity contribution in [2.45, 2.75) is 19.9 Å². The maximum atomic E-state index is 13.0. The number of anilines is 1. The van der Waals surface area contributed by atoms with Crippen molar-refractivity contribution in [1.29, 1.82) is 0 Å². The molecule has 0 spiro atoms. The van der Waals surface area contributed by atoms with Gasteiger partial charge in [-0.05, 0) is 18.1 Å². The highest BCUT2D eigenvalue weighted by molar-refractivity contribution is 5.83. The highest BCUT2D eigenvalue weighted by atomic mass is 16.2. The van der Waals surface area contributed by atoms with Gasteiger partial charge in [-0.2, -0.15) is 9.67 Å². The Kier molecular flexibility index (Phi) is 5.47. The number of aromatic nitrogens is 3. The zero-order valence-corrected chi connectivity index (χ0v) is 16.2. The zero-order valence-electron chi connectivity index (χ0n) is 16.2. The molecular weight excluding hydrogens is 360 g/mol. The molecule has 0 atom stereocenters. The summed E-state index contributed by atoms with van der Waals surface area (Å²) in [5.41, 5.74) is 4.09. The minimum atomic E-state index is -0.127. The topological polar surface area (TPSA) is 59.8 Å². The average molecular weight is 382 g/mol. The fourth-order valence-corrected chi connectivity index (χ4v) is 3.05. The summed E-state index contributed by atoms with van der Waals surface area (Å²) < 4.78 is 1.38. The molecule has 5 heteroatoms. The normalized spacial score (nSPS) is 10.7. The molecule has 144 valence electrons. The molecule has 1 N–H and O–H groups in total. The van der Waals surface area contributed by atoms with Crippen LogP contribution in [0.15, 0.2) is 84.9 Å². The van der Waals surface area contributed by atoms with E-state index < -0.39 is 0 Å². The van der Waals surface area contributed by atoms with Gasteiger partial charge in [-0.25, -0.2) is 0 Å². The lowest BCUT2D eigenvalue weighted by molar-refractivity contribution is 0.0901. The van der Waals surface area contributed by atoms with Gasteiger partial charge in [-0.3, -0.25) is 4.79 Å². The van der Waals surface area contributed by atoms with Gasteiger partial charge in [0.15, 0.2) is 5.82 Å². The number of carbonyl (C=O) groups excluding carboxylic acids is 1. The number of carbonyl (C=O) groups is 1. The molecule has 0 saturated carbocycles. The summed E-state index contributed by atoms with van der Waals surface area (Å²) in [6, 6.07) is 27.6. The molecule has 1 heterocycles. The number of nitrogens with one attached hydrogen (secondary N) is 1. The molecule has 4 rings (SSSR count). The summed E-state index contributed by atoms with van der Waals surface area (Å²) >= 11 is 0. The second-order valence-electron chi connectivity index (χ2n) is 6.93. The molecule has 1 aromatic heterocycles. The number of hydrogen-bond acceptors (Lipinski definition) is 4. The Morgan fingerprint density at radius 2 is 1.48 bits per heavy atom. The highest BCUT2D eigenvalue weighted by Crippen LogP contribution is 2.19. The van der Waals surface area contributed by atoms with Gasteiger partial charge in [0.2, 0.25) is 5.95 Å². The van der Waals surface area contributed by atoms with E-state index >= 15 is 0 Å². The van der Waals surface area contributed by atoms with E-state index in [1.807, 2.05) is 91.9 Å². The Morgan fingerprint density at radius 1 is 0.862 bits per heavy atom. The van der Waals surface area contributed by atoms with E-state index in [1.165, 1.54) is 4.68 Å². The lowest BCUT2D eigenvalue weighted by atomic mass is 10.1. The third kappa shape index (κ3) is 4.58. The highest BCUT2D eigenvalue weighted by Gasteiger charge is 2.17. The van der Waals surface area contributed by atoms with Crippen LogP contribution < -0.4 is 5.32 Å². The molecule has 3 aromatic carbocycles. The minimum absolute atomic E-state index is 0.127. The zero-order chi connectivity index (χ0) is 20.1. The van der Waals surface area contributed by atoms with Crippen LogP contribution >= 0.6 is 0 Å². The van der Waals surface area contributed by atoms with Gasteiger partial charge >= 0.3 is 0 Å². The van der Waals surface area contributed by atoms with Crippen LogP contribution in [-0.4, -0.2) is 20.7 Å². The smallest absolute Gasteiger partial charge is 0.254 e. The van der Waals surface area contributed by atoms with Crippen LogP contribution in [0, 0.1) is 6.92 Å². The predicted molar refractivity (Wildman–Crippen MR) is 115 cm³/mol. The molecule has 0 aliphatic carbocycles. The maximum Gasteiger partial charge on any atom is 0.254 e. The van der Waals surface area contributed by atoms with Gasteiger partial charge in [0.1, 0.15) is 0 Å². The van der Waals surface area contributed by atoms with E-state index in [4.69, 9.17) is 0 Å². The van der Waals surface area contributed by atoms with Crippen LogP contribution in [0.2, 0.25) is 0 Å². The molecule has 0 bridgehead atoms. The largest absolute Gasteiger partial charge is 0.350 e. The number of nitrogens with zero attached hydrogens (tertiary/aromatic N) is 3. The maximum absolute atomic E-state index is 13.0. The molecule has 0 fully saturated rings. The van der Waals surface area contributed by atoms with Crippen molar-refractivity contribution in [3.05, 3.63) is 102 Å². The fourth-order valence-electron chi connectivity index (χ4n) is 3.05. The average Bonchev–Trinajstić information content (AvgIpc) is 3.19. The number of benzene rings is 3. The number of hydrogen-bond donors (Lipinski definition) is 1. The van der Waals surface area contributed by atoms with Gasteiger partial charge in [0.25, 0.3) is 5.91 Å². The van der Waals surface area contributed by atoms with Gasteiger partial charge in [-0.1, -0.05) is 90.5 Å². The first-order chi connectivity index (χ1) is 14.2. The Balaban J connectivity index is 1.63. The van der Waals surface area contributed by atoms with Crippen molar-refractivity contribution in [1.82, 2.24) is 14.8 Å². The minimum Gasteiger partial charge on any atom is -0.350 e. The van der Waals surface area contributed by atoms with E-state index in [0.717, 1.165) is 22.3 Å². The molecule has 0 radical (unpaired) electrons. The van der Waals surface area contributed by atoms with Crippen molar-refractivity contribution in [3.8, 4) is 11.4 Å². The summed E-state index contributed by atoms with van der Waals surface area (Å²) in [5.74, 6) is 0.852. The molecule has 0 amide bonds. The van der Waals surface area contributed by atoms with Gasteiger partial charge in [-0.15, -0.1) is 5.10 Å². The number of aryl methyl sites for hydroxylation is 1. The summed E-state index contributed by atoms with van der Waals surface area (Å²) in [6.07, 6.45) is 0.261. The Hall–Kier alpha value is -3.73. The molecule has 29 heavy (non-hydrogen) atoms. The van der Waals surface area contributed by atoms with Gasteiger partial charge < -0.3 is 5.32 Å². The van der Waals surface area contributed by atoms with Crippen molar-refractivity contribution in [3.63, 3.8) is 0 Å². The molecule has 0 aliphatic rings. The first-order valence-electron chi connectivity index (χ1n) is 9.58.